The molecule has 0 aromatic heterocycles. The molecule has 0 bridgehead atoms. The van der Waals surface area contributed by atoms with Crippen molar-refractivity contribution in [3.8, 4) is 0 Å². The van der Waals surface area contributed by atoms with Crippen molar-refractivity contribution in [2.75, 3.05) is 13.2 Å². The molecule has 12 nitrogen and oxygen atoms in total. The van der Waals surface area contributed by atoms with E-state index in [0.717, 1.165) is 103 Å². The maximum absolute atomic E-state index is 13.3. The van der Waals surface area contributed by atoms with Crippen molar-refractivity contribution < 1.29 is 58.2 Å². The van der Waals surface area contributed by atoms with E-state index in [9.17, 15) is 34.5 Å². The van der Waals surface area contributed by atoms with Crippen LogP contribution in [0.1, 0.15) is 355 Å². The van der Waals surface area contributed by atoms with Crippen LogP contribution in [0.3, 0.4) is 0 Å². The number of carbonyl (C=O) groups is 4. The zero-order valence-electron chi connectivity index (χ0n) is 56.3. The first-order valence-corrected chi connectivity index (χ1v) is 36.6. The SMILES string of the molecule is CC/C=C\C/C=C\C/C=C\C/C=C\CCCCCCCCC(=O)OC1C(OCC(COC(=O)CCCCCCCCCCCCCCCCCCCCC)OC(=O)CCCCCCCCCCCCCCCCCCCCC)OC(C(=O)O)C(O)C1O. The number of ether oxygens (including phenoxy) is 5. The van der Waals surface area contributed by atoms with E-state index in [2.05, 4.69) is 69.4 Å². The summed E-state index contributed by atoms with van der Waals surface area (Å²) in [7, 11) is 0. The van der Waals surface area contributed by atoms with Crippen LogP contribution in [0.25, 0.3) is 0 Å². The fraction of sp³-hybridized carbons (Fsp3) is 0.840. The van der Waals surface area contributed by atoms with Crippen molar-refractivity contribution in [1.29, 1.82) is 0 Å². The van der Waals surface area contributed by atoms with Crippen LogP contribution < -0.4 is 0 Å². The van der Waals surface area contributed by atoms with Gasteiger partial charge in [-0.3, -0.25) is 14.4 Å². The maximum Gasteiger partial charge on any atom is 0.335 e. The number of carboxylic acids is 1. The van der Waals surface area contributed by atoms with Gasteiger partial charge in [0.15, 0.2) is 24.6 Å². The summed E-state index contributed by atoms with van der Waals surface area (Å²) in [5, 5.41) is 31.7. The molecule has 0 amide bonds. The van der Waals surface area contributed by atoms with E-state index in [4.69, 9.17) is 23.7 Å². The van der Waals surface area contributed by atoms with Crippen LogP contribution in [0, 0.1) is 0 Å². The number of rotatable bonds is 64. The standard InChI is InChI=1S/C75H134O12/c1-4-7-10-13-16-19-22-25-28-31-34-37-40-43-46-49-52-55-58-61-67(76)83-64-66(85-68(77)62-59-56-53-50-47-44-41-38-35-32-29-26-23-20-17-14-11-8-5-2)65-84-75-73(71(80)70(79)72(87-75)74(81)82)86-69(78)63-60-57-54-51-48-45-42-39-36-33-30-27-24-21-18-15-12-9-6-3/h9,12,18,21,27,30,36,39,66,70-73,75,79-80H,4-8,10-11,13-17,19-20,22-26,28-29,31-35,37-38,40-65H2,1-3H3,(H,81,82)/b12-9-,21-18-,30-27-,39-36-. The summed E-state index contributed by atoms with van der Waals surface area (Å²) < 4.78 is 28.7. The Morgan fingerprint density at radius 2 is 0.724 bits per heavy atom. The van der Waals surface area contributed by atoms with Gasteiger partial charge in [0.1, 0.15) is 18.8 Å². The Morgan fingerprint density at radius 1 is 0.391 bits per heavy atom. The highest BCUT2D eigenvalue weighted by Crippen LogP contribution is 2.27. The van der Waals surface area contributed by atoms with Crippen LogP contribution in [-0.4, -0.2) is 89.2 Å². The van der Waals surface area contributed by atoms with Crippen LogP contribution in [0.15, 0.2) is 48.6 Å². The van der Waals surface area contributed by atoms with Crippen molar-refractivity contribution in [2.24, 2.45) is 0 Å². The minimum Gasteiger partial charge on any atom is -0.479 e. The minimum absolute atomic E-state index is 0.0471. The Balaban J connectivity index is 2.61. The van der Waals surface area contributed by atoms with Crippen molar-refractivity contribution in [3.63, 3.8) is 0 Å². The van der Waals surface area contributed by atoms with E-state index in [1.165, 1.54) is 193 Å². The quantitative estimate of drug-likeness (QED) is 0.0228. The normalized spacial score (nSPS) is 17.6. The number of carboxylic acid groups (broad SMARTS) is 1. The molecule has 1 rings (SSSR count). The van der Waals surface area contributed by atoms with Gasteiger partial charge in [0, 0.05) is 19.3 Å². The zero-order valence-corrected chi connectivity index (χ0v) is 56.3. The second-order valence-corrected chi connectivity index (χ2v) is 25.2. The average molecular weight is 1230 g/mol. The Morgan fingerprint density at radius 3 is 1.10 bits per heavy atom. The zero-order chi connectivity index (χ0) is 63.1. The van der Waals surface area contributed by atoms with Crippen LogP contribution in [0.2, 0.25) is 0 Å². The highest BCUT2D eigenvalue weighted by molar-refractivity contribution is 5.74. The van der Waals surface area contributed by atoms with Crippen molar-refractivity contribution in [3.05, 3.63) is 48.6 Å². The van der Waals surface area contributed by atoms with E-state index in [-0.39, 0.29) is 25.9 Å². The number of unbranched alkanes of at least 4 members (excludes halogenated alkanes) is 42. The summed E-state index contributed by atoms with van der Waals surface area (Å²) in [4.78, 5) is 51.6. The van der Waals surface area contributed by atoms with Crippen LogP contribution in [0.4, 0.5) is 0 Å². The fourth-order valence-corrected chi connectivity index (χ4v) is 11.4. The number of hydrogen-bond donors (Lipinski definition) is 3. The molecular formula is C75H134O12. The van der Waals surface area contributed by atoms with E-state index in [1.54, 1.807) is 0 Å². The molecule has 1 heterocycles. The number of aliphatic hydroxyl groups is 2. The van der Waals surface area contributed by atoms with Gasteiger partial charge in [0.05, 0.1) is 6.61 Å². The minimum atomic E-state index is -1.91. The first-order chi connectivity index (χ1) is 42.6. The van der Waals surface area contributed by atoms with Gasteiger partial charge in [-0.1, -0.05) is 326 Å². The first kappa shape index (κ1) is 81.7. The fourth-order valence-electron chi connectivity index (χ4n) is 11.4. The molecule has 0 aromatic rings. The molecule has 1 aliphatic heterocycles. The monoisotopic (exact) mass is 1230 g/mol. The summed E-state index contributed by atoms with van der Waals surface area (Å²) in [5.74, 6) is -3.09. The summed E-state index contributed by atoms with van der Waals surface area (Å²) >= 11 is 0. The Kier molecular flexibility index (Phi) is 59.0. The number of aliphatic hydroxyl groups excluding tert-OH is 2. The van der Waals surface area contributed by atoms with Crippen LogP contribution in [-0.2, 0) is 42.9 Å². The van der Waals surface area contributed by atoms with Crippen molar-refractivity contribution >= 4 is 23.9 Å². The molecule has 0 radical (unpaired) electrons. The predicted molar refractivity (Wildman–Crippen MR) is 359 cm³/mol. The van der Waals surface area contributed by atoms with Crippen molar-refractivity contribution in [2.45, 2.75) is 391 Å². The molecule has 3 N–H and O–H groups in total. The lowest BCUT2D eigenvalue weighted by molar-refractivity contribution is -0.301. The first-order valence-electron chi connectivity index (χ1n) is 36.6. The lowest BCUT2D eigenvalue weighted by atomic mass is 9.98. The topological polar surface area (TPSA) is 175 Å². The molecule has 0 aliphatic carbocycles. The van der Waals surface area contributed by atoms with Gasteiger partial charge >= 0.3 is 23.9 Å². The lowest BCUT2D eigenvalue weighted by Gasteiger charge is -2.40. The number of esters is 3. The van der Waals surface area contributed by atoms with E-state index in [0.29, 0.717) is 19.3 Å². The molecule has 0 aromatic carbocycles. The molecule has 12 heteroatoms. The van der Waals surface area contributed by atoms with E-state index < -0.39 is 67.3 Å². The van der Waals surface area contributed by atoms with Gasteiger partial charge < -0.3 is 39.0 Å². The molecule has 1 fully saturated rings. The molecule has 506 valence electrons. The number of hydrogen-bond acceptors (Lipinski definition) is 11. The van der Waals surface area contributed by atoms with Gasteiger partial charge in [0.2, 0.25) is 0 Å². The van der Waals surface area contributed by atoms with Gasteiger partial charge in [-0.05, 0) is 57.8 Å². The summed E-state index contributed by atoms with van der Waals surface area (Å²) in [6, 6.07) is 0. The number of allylic oxidation sites excluding steroid dienone is 8. The van der Waals surface area contributed by atoms with E-state index >= 15 is 0 Å². The maximum atomic E-state index is 13.3. The molecule has 1 aliphatic rings. The Bertz CT molecular complexity index is 1690. The number of aliphatic carboxylic acids is 1. The average Bonchev–Trinajstić information content (AvgIpc) is 2.60. The largest absolute Gasteiger partial charge is 0.479 e. The van der Waals surface area contributed by atoms with Gasteiger partial charge in [0.25, 0.3) is 0 Å². The molecule has 1 saturated heterocycles. The summed E-state index contributed by atoms with van der Waals surface area (Å²) in [5.41, 5.74) is 0. The van der Waals surface area contributed by atoms with Gasteiger partial charge in [-0.15, -0.1) is 0 Å². The third kappa shape index (κ3) is 52.1. The highest BCUT2D eigenvalue weighted by atomic mass is 16.7. The van der Waals surface area contributed by atoms with Crippen molar-refractivity contribution in [1.82, 2.24) is 0 Å². The molecule has 6 unspecified atom stereocenters. The van der Waals surface area contributed by atoms with E-state index in [1.807, 2.05) is 0 Å². The molecule has 0 spiro atoms. The summed E-state index contributed by atoms with van der Waals surface area (Å²) in [6.07, 6.45) is 66.3. The van der Waals surface area contributed by atoms with Crippen LogP contribution in [0.5, 0.6) is 0 Å². The Hall–Kier alpha value is -3.32. The van der Waals surface area contributed by atoms with Gasteiger partial charge in [-0.2, -0.15) is 0 Å². The third-order valence-electron chi connectivity index (χ3n) is 16.9. The second kappa shape index (κ2) is 62.9. The Labute approximate surface area is 533 Å². The molecular weight excluding hydrogens is 1090 g/mol. The molecule has 87 heavy (non-hydrogen) atoms. The number of carbonyl (C=O) groups excluding carboxylic acids is 3. The second-order valence-electron chi connectivity index (χ2n) is 25.2. The summed E-state index contributed by atoms with van der Waals surface area (Å²) in [6.45, 7) is 5.96. The molecule has 6 atom stereocenters. The predicted octanol–water partition coefficient (Wildman–Crippen LogP) is 20.5. The van der Waals surface area contributed by atoms with Crippen LogP contribution >= 0.6 is 0 Å². The lowest BCUT2D eigenvalue weighted by Crippen LogP contribution is -2.61. The molecule has 0 saturated carbocycles. The third-order valence-corrected chi connectivity index (χ3v) is 16.9. The smallest absolute Gasteiger partial charge is 0.335 e. The highest BCUT2D eigenvalue weighted by Gasteiger charge is 2.50. The van der Waals surface area contributed by atoms with Gasteiger partial charge in [-0.25, -0.2) is 4.79 Å².